The molecule has 0 saturated carbocycles. The predicted octanol–water partition coefficient (Wildman–Crippen LogP) is 0.0801. The second-order valence-electron chi connectivity index (χ2n) is 9.27. The molecule has 0 spiro atoms. The number of quaternary nitrogens is 1. The number of fused-ring (bicyclic) bond motifs is 1. The number of non-ortho nitro benzene ring substituents is 1. The van der Waals surface area contributed by atoms with Crippen molar-refractivity contribution in [2.45, 2.75) is 19.4 Å². The number of nitrogens with zero attached hydrogens (tertiary/aromatic N) is 4. The number of benzene rings is 1. The predicted molar refractivity (Wildman–Crippen MR) is 130 cm³/mol. The van der Waals surface area contributed by atoms with Crippen molar-refractivity contribution in [2.24, 2.45) is 0 Å². The molecule has 11 nitrogen and oxygen atoms in total. The molecular formula is C26H27N5O6. The summed E-state index contributed by atoms with van der Waals surface area (Å²) in [4.78, 5) is 44.7. The summed E-state index contributed by atoms with van der Waals surface area (Å²) in [7, 11) is 0. The van der Waals surface area contributed by atoms with Gasteiger partial charge in [-0.25, -0.2) is 4.98 Å². The van der Waals surface area contributed by atoms with Crippen LogP contribution in [0.25, 0.3) is 11.4 Å². The van der Waals surface area contributed by atoms with Crippen LogP contribution in [0.2, 0.25) is 0 Å². The van der Waals surface area contributed by atoms with E-state index in [4.69, 9.17) is 4.74 Å². The maximum Gasteiger partial charge on any atom is 0.295 e. The minimum atomic E-state index is -1.03. The second kappa shape index (κ2) is 10.1. The summed E-state index contributed by atoms with van der Waals surface area (Å²) in [5.41, 5.74) is 1.12. The molecule has 192 valence electrons. The molecule has 1 amide bonds. The molecular weight excluding hydrogens is 478 g/mol. The van der Waals surface area contributed by atoms with Gasteiger partial charge >= 0.3 is 0 Å². The average molecular weight is 506 g/mol. The zero-order valence-corrected chi connectivity index (χ0v) is 20.4. The van der Waals surface area contributed by atoms with Crippen LogP contribution in [0, 0.1) is 17.0 Å². The maximum absolute atomic E-state index is 13.9. The van der Waals surface area contributed by atoms with E-state index < -0.39 is 28.4 Å². The highest BCUT2D eigenvalue weighted by atomic mass is 16.6. The topological polar surface area (TPSA) is 135 Å². The van der Waals surface area contributed by atoms with Gasteiger partial charge in [0.25, 0.3) is 11.6 Å². The lowest BCUT2D eigenvalue weighted by atomic mass is 9.96. The van der Waals surface area contributed by atoms with Crippen molar-refractivity contribution < 1.29 is 29.3 Å². The van der Waals surface area contributed by atoms with Gasteiger partial charge in [0, 0.05) is 36.9 Å². The summed E-state index contributed by atoms with van der Waals surface area (Å²) in [5, 5.41) is 25.4. The number of nitro groups is 1. The summed E-state index contributed by atoms with van der Waals surface area (Å²) in [6.45, 7) is 5.78. The number of nitro benzene ring substituents is 1. The van der Waals surface area contributed by atoms with Crippen molar-refractivity contribution >= 4 is 28.8 Å². The smallest absolute Gasteiger partial charge is 0.295 e. The average Bonchev–Trinajstić information content (AvgIpc) is 3.37. The molecule has 1 atom stereocenters. The third-order valence-corrected chi connectivity index (χ3v) is 6.97. The summed E-state index contributed by atoms with van der Waals surface area (Å²) in [6.07, 6.45) is 2.28. The SMILES string of the molecule is Cc1nc2ccccn2c1C([O-])=C1C(=O)C(=O)N(CCC[NH+]2CCOCC2)C1c1cccc([N+](=O)[O-])c1. The summed E-state index contributed by atoms with van der Waals surface area (Å²) < 4.78 is 6.99. The molecule has 37 heavy (non-hydrogen) atoms. The monoisotopic (exact) mass is 505 g/mol. The van der Waals surface area contributed by atoms with Crippen molar-refractivity contribution in [2.75, 3.05) is 39.4 Å². The molecule has 2 aliphatic rings. The highest BCUT2D eigenvalue weighted by molar-refractivity contribution is 6.46. The Balaban J connectivity index is 1.58. The summed E-state index contributed by atoms with van der Waals surface area (Å²) in [6, 6.07) is 10.0. The van der Waals surface area contributed by atoms with Gasteiger partial charge in [-0.15, -0.1) is 0 Å². The third-order valence-electron chi connectivity index (χ3n) is 6.97. The van der Waals surface area contributed by atoms with Crippen LogP contribution in [0.15, 0.2) is 54.2 Å². The zero-order valence-electron chi connectivity index (χ0n) is 20.4. The fourth-order valence-corrected chi connectivity index (χ4v) is 5.18. The first kappa shape index (κ1) is 24.6. The van der Waals surface area contributed by atoms with Crippen molar-refractivity contribution in [3.8, 4) is 0 Å². The molecule has 3 aromatic rings. The Morgan fingerprint density at radius 1 is 1.19 bits per heavy atom. The van der Waals surface area contributed by atoms with Crippen LogP contribution in [-0.2, 0) is 14.3 Å². The van der Waals surface area contributed by atoms with Gasteiger partial charge in [0.1, 0.15) is 18.7 Å². The van der Waals surface area contributed by atoms with Crippen LogP contribution >= 0.6 is 0 Å². The Morgan fingerprint density at radius 2 is 1.97 bits per heavy atom. The van der Waals surface area contributed by atoms with E-state index in [1.54, 1.807) is 41.8 Å². The Labute approximate surface area is 212 Å². The van der Waals surface area contributed by atoms with Crippen LogP contribution in [0.4, 0.5) is 5.69 Å². The number of carbonyl (C=O) groups is 2. The molecule has 0 radical (unpaired) electrons. The van der Waals surface area contributed by atoms with Gasteiger partial charge in [-0.05, 0) is 24.6 Å². The molecule has 11 heteroatoms. The quantitative estimate of drug-likeness (QED) is 0.158. The number of aryl methyl sites for hydroxylation is 1. The van der Waals surface area contributed by atoms with Gasteiger partial charge in [0.2, 0.25) is 5.78 Å². The lowest BCUT2D eigenvalue weighted by molar-refractivity contribution is -0.908. The Kier molecular flexibility index (Phi) is 6.72. The van der Waals surface area contributed by atoms with E-state index in [2.05, 4.69) is 4.98 Å². The van der Waals surface area contributed by atoms with E-state index in [1.165, 1.54) is 28.0 Å². The van der Waals surface area contributed by atoms with Crippen molar-refractivity contribution in [3.63, 3.8) is 0 Å². The lowest BCUT2D eigenvalue weighted by Gasteiger charge is -2.28. The number of imidazole rings is 1. The highest BCUT2D eigenvalue weighted by Crippen LogP contribution is 2.40. The molecule has 4 heterocycles. The number of Topliss-reactive ketones (excluding diaryl/α,β-unsaturated/α-hetero) is 1. The fraction of sp³-hybridized carbons (Fsp3) is 0.346. The number of morpholine rings is 1. The Bertz CT molecular complexity index is 1410. The number of pyridine rings is 1. The molecule has 0 aliphatic carbocycles. The number of nitrogens with one attached hydrogen (secondary N) is 1. The van der Waals surface area contributed by atoms with E-state index in [0.717, 1.165) is 19.6 Å². The molecule has 1 N–H and O–H groups in total. The molecule has 5 rings (SSSR count). The maximum atomic E-state index is 13.9. The van der Waals surface area contributed by atoms with Gasteiger partial charge < -0.3 is 24.0 Å². The number of likely N-dealkylation sites (tertiary alicyclic amines) is 1. The third kappa shape index (κ3) is 4.58. The van der Waals surface area contributed by atoms with Crippen LogP contribution in [0.3, 0.4) is 0 Å². The zero-order chi connectivity index (χ0) is 26.1. The standard InChI is InChI=1S/C26H27N5O6/c1-17-22(29-10-3-2-8-20(29)27-17)24(32)21-23(18-6-4-7-19(16-18)31(35)36)30(26(34)25(21)33)11-5-9-28-12-14-37-15-13-28/h2-4,6-8,10,16,23,32H,5,9,11-15H2,1H3. The molecule has 0 bridgehead atoms. The number of hydrogen-bond acceptors (Lipinski definition) is 7. The van der Waals surface area contributed by atoms with Gasteiger partial charge in [-0.3, -0.25) is 19.7 Å². The first-order valence-corrected chi connectivity index (χ1v) is 12.2. The largest absolute Gasteiger partial charge is 0.871 e. The molecule has 1 aromatic carbocycles. The molecule has 2 aliphatic heterocycles. The van der Waals surface area contributed by atoms with E-state index >= 15 is 0 Å². The minimum absolute atomic E-state index is 0.181. The summed E-state index contributed by atoms with van der Waals surface area (Å²) in [5.74, 6) is -2.26. The van der Waals surface area contributed by atoms with Crippen LogP contribution in [0.1, 0.15) is 29.4 Å². The Morgan fingerprint density at radius 3 is 2.73 bits per heavy atom. The first-order chi connectivity index (χ1) is 17.9. The van der Waals surface area contributed by atoms with Gasteiger partial charge in [0.05, 0.1) is 42.1 Å². The van der Waals surface area contributed by atoms with Crippen molar-refractivity contribution in [1.29, 1.82) is 0 Å². The number of ketones is 1. The van der Waals surface area contributed by atoms with Gasteiger partial charge in [-0.1, -0.05) is 24.0 Å². The van der Waals surface area contributed by atoms with Gasteiger partial charge in [-0.2, -0.15) is 0 Å². The van der Waals surface area contributed by atoms with E-state index in [1.807, 2.05) is 0 Å². The van der Waals surface area contributed by atoms with E-state index in [9.17, 15) is 24.8 Å². The molecule has 2 aromatic heterocycles. The fourth-order valence-electron chi connectivity index (χ4n) is 5.18. The number of ether oxygens (including phenoxy) is 1. The number of carbonyl (C=O) groups excluding carboxylic acids is 2. The lowest BCUT2D eigenvalue weighted by Crippen LogP contribution is -3.14. The molecule has 2 fully saturated rings. The van der Waals surface area contributed by atoms with Crippen LogP contribution < -0.4 is 10.0 Å². The number of hydrogen-bond donors (Lipinski definition) is 1. The van der Waals surface area contributed by atoms with Crippen molar-refractivity contribution in [1.82, 2.24) is 14.3 Å². The molecule has 1 unspecified atom stereocenters. The summed E-state index contributed by atoms with van der Waals surface area (Å²) >= 11 is 0. The second-order valence-corrected chi connectivity index (χ2v) is 9.27. The van der Waals surface area contributed by atoms with E-state index in [0.29, 0.717) is 36.5 Å². The highest BCUT2D eigenvalue weighted by Gasteiger charge is 2.44. The minimum Gasteiger partial charge on any atom is -0.871 e. The normalized spacial score (nSPS) is 20.1. The van der Waals surface area contributed by atoms with Gasteiger partial charge in [0.15, 0.2) is 0 Å². The number of rotatable bonds is 7. The Hall–Kier alpha value is -4.09. The first-order valence-electron chi connectivity index (χ1n) is 12.2. The number of amides is 1. The van der Waals surface area contributed by atoms with Crippen LogP contribution in [0.5, 0.6) is 0 Å². The van der Waals surface area contributed by atoms with Crippen molar-refractivity contribution in [3.05, 3.63) is 81.3 Å². The molecule has 2 saturated heterocycles. The number of aromatic nitrogens is 2. The van der Waals surface area contributed by atoms with E-state index in [-0.39, 0.29) is 23.5 Å². The van der Waals surface area contributed by atoms with Crippen LogP contribution in [-0.4, -0.2) is 70.3 Å².